The van der Waals surface area contributed by atoms with Crippen LogP contribution < -0.4 is 5.32 Å². The minimum Gasteiger partial charge on any atom is -0.383 e. The number of hydrogen-bond donors (Lipinski definition) is 1. The predicted molar refractivity (Wildman–Crippen MR) is 70.7 cm³/mol. The normalized spacial score (nSPS) is 13.4. The number of methoxy groups -OCH3 is 1. The van der Waals surface area contributed by atoms with Gasteiger partial charge in [-0.15, -0.1) is 0 Å². The van der Waals surface area contributed by atoms with Crippen molar-refractivity contribution in [1.82, 2.24) is 5.32 Å². The summed E-state index contributed by atoms with van der Waals surface area (Å²) < 4.78 is 4.96. The minimum atomic E-state index is 0.798. The summed E-state index contributed by atoms with van der Waals surface area (Å²) in [5.74, 6) is 2.10. The first-order chi connectivity index (χ1) is 7.18. The molecule has 0 rings (SSSR count). The molecule has 0 aromatic rings. The first-order valence-electron chi connectivity index (χ1n) is 5.99. The molecule has 0 radical (unpaired) electrons. The summed E-state index contributed by atoms with van der Waals surface area (Å²) >= 11 is 2.10. The second-order valence-corrected chi connectivity index (χ2v) is 5.75. The summed E-state index contributed by atoms with van der Waals surface area (Å²) in [6.45, 7) is 9.84. The topological polar surface area (TPSA) is 21.3 Å². The third kappa shape index (κ3) is 10.6. The zero-order valence-corrected chi connectivity index (χ0v) is 11.5. The average Bonchev–Trinajstić information content (AvgIpc) is 2.21. The average molecular weight is 233 g/mol. The molecule has 0 fully saturated rings. The monoisotopic (exact) mass is 233 g/mol. The molecule has 1 N–H and O–H groups in total. The molecule has 0 amide bonds. The van der Waals surface area contributed by atoms with Crippen molar-refractivity contribution in [2.45, 2.75) is 38.9 Å². The van der Waals surface area contributed by atoms with Crippen molar-refractivity contribution in [3.63, 3.8) is 0 Å². The van der Waals surface area contributed by atoms with E-state index in [0.717, 1.165) is 30.9 Å². The molecule has 0 aliphatic rings. The fourth-order valence-corrected chi connectivity index (χ4v) is 2.24. The van der Waals surface area contributed by atoms with Crippen molar-refractivity contribution >= 4 is 11.8 Å². The minimum absolute atomic E-state index is 0.798. The lowest BCUT2D eigenvalue weighted by atomic mass is 10.2. The van der Waals surface area contributed by atoms with E-state index in [-0.39, 0.29) is 0 Å². The summed E-state index contributed by atoms with van der Waals surface area (Å²) in [6.07, 6.45) is 2.60. The molecule has 0 aliphatic carbocycles. The highest BCUT2D eigenvalue weighted by atomic mass is 32.2. The van der Waals surface area contributed by atoms with Gasteiger partial charge in [-0.25, -0.2) is 0 Å². The van der Waals surface area contributed by atoms with Gasteiger partial charge in [-0.3, -0.25) is 0 Å². The SMILES string of the molecule is COCCNCCCCSC(C)C(C)C. The van der Waals surface area contributed by atoms with E-state index in [1.54, 1.807) is 7.11 Å². The van der Waals surface area contributed by atoms with Crippen LogP contribution in [-0.4, -0.2) is 37.8 Å². The molecule has 2 nitrogen and oxygen atoms in total. The summed E-state index contributed by atoms with van der Waals surface area (Å²) in [6, 6.07) is 0. The second-order valence-electron chi connectivity index (χ2n) is 4.27. The van der Waals surface area contributed by atoms with Gasteiger partial charge < -0.3 is 10.1 Å². The van der Waals surface area contributed by atoms with E-state index in [1.807, 2.05) is 0 Å². The lowest BCUT2D eigenvalue weighted by Gasteiger charge is -2.14. The Labute approximate surface area is 99.5 Å². The highest BCUT2D eigenvalue weighted by Crippen LogP contribution is 2.19. The molecule has 15 heavy (non-hydrogen) atoms. The molecule has 0 heterocycles. The molecule has 0 aromatic heterocycles. The Bertz CT molecular complexity index is 131. The van der Waals surface area contributed by atoms with E-state index >= 15 is 0 Å². The maximum Gasteiger partial charge on any atom is 0.0587 e. The van der Waals surface area contributed by atoms with Crippen LogP contribution in [0.4, 0.5) is 0 Å². The number of ether oxygens (including phenoxy) is 1. The van der Waals surface area contributed by atoms with Crippen LogP contribution in [0.2, 0.25) is 0 Å². The highest BCUT2D eigenvalue weighted by Gasteiger charge is 2.05. The number of thioether (sulfide) groups is 1. The summed E-state index contributed by atoms with van der Waals surface area (Å²) in [5.41, 5.74) is 0. The Morgan fingerprint density at radius 3 is 2.47 bits per heavy atom. The second kappa shape index (κ2) is 10.8. The predicted octanol–water partition coefficient (Wildman–Crippen LogP) is 2.78. The first kappa shape index (κ1) is 15.3. The van der Waals surface area contributed by atoms with Crippen LogP contribution in [-0.2, 0) is 4.74 Å². The van der Waals surface area contributed by atoms with Crippen molar-refractivity contribution in [3.8, 4) is 0 Å². The van der Waals surface area contributed by atoms with Crippen LogP contribution in [0.5, 0.6) is 0 Å². The van der Waals surface area contributed by atoms with E-state index < -0.39 is 0 Å². The van der Waals surface area contributed by atoms with Crippen molar-refractivity contribution in [2.75, 3.05) is 32.6 Å². The Morgan fingerprint density at radius 1 is 1.13 bits per heavy atom. The zero-order chi connectivity index (χ0) is 11.5. The van der Waals surface area contributed by atoms with Gasteiger partial charge in [-0.2, -0.15) is 11.8 Å². The fraction of sp³-hybridized carbons (Fsp3) is 1.00. The number of hydrogen-bond acceptors (Lipinski definition) is 3. The van der Waals surface area contributed by atoms with Crippen LogP contribution in [0.25, 0.3) is 0 Å². The Balaban J connectivity index is 3.05. The van der Waals surface area contributed by atoms with Crippen molar-refractivity contribution in [3.05, 3.63) is 0 Å². The third-order valence-electron chi connectivity index (χ3n) is 2.55. The van der Waals surface area contributed by atoms with Crippen molar-refractivity contribution < 1.29 is 4.74 Å². The number of unbranched alkanes of at least 4 members (excludes halogenated alkanes) is 1. The Kier molecular flexibility index (Phi) is 11.0. The standard InChI is InChI=1S/C12H27NOS/c1-11(2)12(3)15-10-6-5-7-13-8-9-14-4/h11-13H,5-10H2,1-4H3. The third-order valence-corrected chi connectivity index (χ3v) is 4.14. The molecule has 1 atom stereocenters. The van der Waals surface area contributed by atoms with Crippen LogP contribution >= 0.6 is 11.8 Å². The van der Waals surface area contributed by atoms with Gasteiger partial charge in [0.25, 0.3) is 0 Å². The molecule has 0 bridgehead atoms. The van der Waals surface area contributed by atoms with E-state index in [1.165, 1.54) is 18.6 Å². The molecule has 0 saturated carbocycles. The first-order valence-corrected chi connectivity index (χ1v) is 7.04. The van der Waals surface area contributed by atoms with Crippen LogP contribution in [0.1, 0.15) is 33.6 Å². The van der Waals surface area contributed by atoms with Gasteiger partial charge in [0, 0.05) is 18.9 Å². The van der Waals surface area contributed by atoms with E-state index in [9.17, 15) is 0 Å². The molecular weight excluding hydrogens is 206 g/mol. The van der Waals surface area contributed by atoms with Gasteiger partial charge in [-0.05, 0) is 31.1 Å². The van der Waals surface area contributed by atoms with Crippen LogP contribution in [0, 0.1) is 5.92 Å². The van der Waals surface area contributed by atoms with Crippen LogP contribution in [0.15, 0.2) is 0 Å². The molecular formula is C12H27NOS. The Morgan fingerprint density at radius 2 is 1.87 bits per heavy atom. The molecule has 0 aromatic carbocycles. The fourth-order valence-electron chi connectivity index (χ4n) is 1.11. The summed E-state index contributed by atoms with van der Waals surface area (Å²) in [5, 5.41) is 4.16. The lowest BCUT2D eigenvalue weighted by molar-refractivity contribution is 0.199. The molecule has 92 valence electrons. The summed E-state index contributed by atoms with van der Waals surface area (Å²) in [4.78, 5) is 0. The molecule has 3 heteroatoms. The van der Waals surface area contributed by atoms with Crippen LogP contribution in [0.3, 0.4) is 0 Å². The molecule has 1 unspecified atom stereocenters. The summed E-state index contributed by atoms with van der Waals surface area (Å²) in [7, 11) is 1.74. The smallest absolute Gasteiger partial charge is 0.0587 e. The maximum absolute atomic E-state index is 4.96. The van der Waals surface area contributed by atoms with Gasteiger partial charge in [0.1, 0.15) is 0 Å². The maximum atomic E-state index is 4.96. The Hall–Kier alpha value is 0.270. The highest BCUT2D eigenvalue weighted by molar-refractivity contribution is 7.99. The van der Waals surface area contributed by atoms with Gasteiger partial charge >= 0.3 is 0 Å². The van der Waals surface area contributed by atoms with E-state index in [0.29, 0.717) is 0 Å². The van der Waals surface area contributed by atoms with E-state index in [2.05, 4.69) is 37.8 Å². The van der Waals surface area contributed by atoms with Gasteiger partial charge in [0.15, 0.2) is 0 Å². The molecule has 0 aliphatic heterocycles. The van der Waals surface area contributed by atoms with Gasteiger partial charge in [0.05, 0.1) is 6.61 Å². The largest absolute Gasteiger partial charge is 0.383 e. The number of nitrogens with one attached hydrogen (secondary N) is 1. The quantitative estimate of drug-likeness (QED) is 0.586. The van der Waals surface area contributed by atoms with Crippen molar-refractivity contribution in [2.24, 2.45) is 5.92 Å². The zero-order valence-electron chi connectivity index (χ0n) is 10.7. The van der Waals surface area contributed by atoms with Gasteiger partial charge in [0.2, 0.25) is 0 Å². The van der Waals surface area contributed by atoms with E-state index in [4.69, 9.17) is 4.74 Å². The van der Waals surface area contributed by atoms with Crippen molar-refractivity contribution in [1.29, 1.82) is 0 Å². The lowest BCUT2D eigenvalue weighted by Crippen LogP contribution is -2.20. The number of rotatable bonds is 10. The van der Waals surface area contributed by atoms with Gasteiger partial charge in [-0.1, -0.05) is 20.8 Å². The molecule has 0 spiro atoms. The molecule has 0 saturated heterocycles.